The Morgan fingerprint density at radius 1 is 1.43 bits per heavy atom. The van der Waals surface area contributed by atoms with Gasteiger partial charge in [-0.1, -0.05) is 0 Å². The van der Waals surface area contributed by atoms with Crippen molar-refractivity contribution in [2.45, 2.75) is 30.3 Å². The van der Waals surface area contributed by atoms with E-state index in [1.54, 1.807) is 0 Å². The average molecular weight is 222 g/mol. The summed E-state index contributed by atoms with van der Waals surface area (Å²) in [5.41, 5.74) is 0. The molecular weight excluding hydrogens is 208 g/mol. The maximum absolute atomic E-state index is 11.7. The second-order valence-corrected chi connectivity index (χ2v) is 5.93. The van der Waals surface area contributed by atoms with Crippen LogP contribution in [0.4, 0.5) is 0 Å². The van der Waals surface area contributed by atoms with Gasteiger partial charge in [0.1, 0.15) is 0 Å². The van der Waals surface area contributed by atoms with Crippen LogP contribution in [0.15, 0.2) is 0 Å². The number of hydrogen-bond acceptors (Lipinski definition) is 4. The van der Waals surface area contributed by atoms with E-state index in [2.05, 4.69) is 0 Å². The molecule has 1 aliphatic rings. The lowest BCUT2D eigenvalue weighted by Crippen LogP contribution is -2.38. The van der Waals surface area contributed by atoms with Crippen molar-refractivity contribution in [1.82, 2.24) is 0 Å². The molecule has 0 saturated carbocycles. The van der Waals surface area contributed by atoms with E-state index in [0.29, 0.717) is 26.1 Å². The Hall–Kier alpha value is -0.620. The molecule has 1 N–H and O–H groups in total. The first-order valence-electron chi connectivity index (χ1n) is 4.49. The van der Waals surface area contributed by atoms with Gasteiger partial charge in [0, 0.05) is 13.2 Å². The molecule has 6 heteroatoms. The minimum absolute atomic E-state index is 0.399. The first kappa shape index (κ1) is 11.5. The van der Waals surface area contributed by atoms with E-state index in [-0.39, 0.29) is 0 Å². The zero-order chi connectivity index (χ0) is 10.8. The molecule has 0 aliphatic carbocycles. The molecule has 1 aliphatic heterocycles. The van der Waals surface area contributed by atoms with Gasteiger partial charge in [-0.25, -0.2) is 8.42 Å². The van der Waals surface area contributed by atoms with E-state index in [9.17, 15) is 13.2 Å². The van der Waals surface area contributed by atoms with Gasteiger partial charge in [-0.15, -0.1) is 0 Å². The van der Waals surface area contributed by atoms with Crippen LogP contribution >= 0.6 is 0 Å². The summed E-state index contributed by atoms with van der Waals surface area (Å²) in [6, 6.07) is 0. The standard InChI is InChI=1S/C8H14O5S/c1-6(8(9)10)14(11,12)7-2-4-13-5-3-7/h6-7H,2-5H2,1H3,(H,9,10). The van der Waals surface area contributed by atoms with E-state index in [1.165, 1.54) is 6.92 Å². The van der Waals surface area contributed by atoms with Crippen molar-refractivity contribution < 1.29 is 23.1 Å². The third-order valence-corrected chi connectivity index (χ3v) is 5.06. The Labute approximate surface area is 83.0 Å². The zero-order valence-electron chi connectivity index (χ0n) is 7.97. The Morgan fingerprint density at radius 2 is 1.93 bits per heavy atom. The van der Waals surface area contributed by atoms with Crippen molar-refractivity contribution in [3.63, 3.8) is 0 Å². The van der Waals surface area contributed by atoms with Gasteiger partial charge in [-0.3, -0.25) is 4.79 Å². The monoisotopic (exact) mass is 222 g/mol. The van der Waals surface area contributed by atoms with Gasteiger partial charge in [0.05, 0.1) is 5.25 Å². The summed E-state index contributed by atoms with van der Waals surface area (Å²) in [5.74, 6) is -1.28. The molecule has 5 nitrogen and oxygen atoms in total. The highest BCUT2D eigenvalue weighted by molar-refractivity contribution is 7.93. The second-order valence-electron chi connectivity index (χ2n) is 3.38. The number of sulfone groups is 1. The number of carbonyl (C=O) groups is 1. The van der Waals surface area contributed by atoms with Crippen molar-refractivity contribution in [3.8, 4) is 0 Å². The highest BCUT2D eigenvalue weighted by Gasteiger charge is 2.36. The molecular formula is C8H14O5S. The van der Waals surface area contributed by atoms with Gasteiger partial charge >= 0.3 is 5.97 Å². The van der Waals surface area contributed by atoms with Crippen molar-refractivity contribution in [2.75, 3.05) is 13.2 Å². The van der Waals surface area contributed by atoms with Gasteiger partial charge in [0.2, 0.25) is 0 Å². The van der Waals surface area contributed by atoms with Crippen LogP contribution in [0.1, 0.15) is 19.8 Å². The van der Waals surface area contributed by atoms with E-state index in [4.69, 9.17) is 9.84 Å². The highest BCUT2D eigenvalue weighted by atomic mass is 32.2. The predicted molar refractivity (Wildman–Crippen MR) is 49.9 cm³/mol. The summed E-state index contributed by atoms with van der Waals surface area (Å²) in [5, 5.41) is 6.77. The lowest BCUT2D eigenvalue weighted by atomic mass is 10.2. The highest BCUT2D eigenvalue weighted by Crippen LogP contribution is 2.20. The third kappa shape index (κ3) is 2.24. The first-order chi connectivity index (χ1) is 6.46. The molecule has 1 atom stereocenters. The van der Waals surface area contributed by atoms with Gasteiger partial charge in [0.15, 0.2) is 15.1 Å². The Morgan fingerprint density at radius 3 is 2.36 bits per heavy atom. The summed E-state index contributed by atoms with van der Waals surface area (Å²) in [4.78, 5) is 10.6. The zero-order valence-corrected chi connectivity index (χ0v) is 8.79. The van der Waals surface area contributed by atoms with Gasteiger partial charge in [-0.2, -0.15) is 0 Å². The van der Waals surface area contributed by atoms with Crippen LogP contribution in [0.3, 0.4) is 0 Å². The SMILES string of the molecule is CC(C(=O)O)S(=O)(=O)C1CCOCC1. The van der Waals surface area contributed by atoms with Gasteiger partial charge in [-0.05, 0) is 19.8 Å². The molecule has 0 spiro atoms. The van der Waals surface area contributed by atoms with E-state index < -0.39 is 26.3 Å². The van der Waals surface area contributed by atoms with Crippen molar-refractivity contribution in [1.29, 1.82) is 0 Å². The molecule has 0 bridgehead atoms. The Bertz CT molecular complexity index is 302. The Kier molecular flexibility index (Phi) is 3.49. The summed E-state index contributed by atoms with van der Waals surface area (Å²) >= 11 is 0. The molecule has 1 heterocycles. The minimum atomic E-state index is -3.54. The van der Waals surface area contributed by atoms with E-state index in [1.807, 2.05) is 0 Å². The molecule has 0 radical (unpaired) electrons. The fraction of sp³-hybridized carbons (Fsp3) is 0.875. The number of hydrogen-bond donors (Lipinski definition) is 1. The van der Waals surface area contributed by atoms with Crippen LogP contribution in [-0.4, -0.2) is 43.2 Å². The van der Waals surface area contributed by atoms with Crippen LogP contribution in [-0.2, 0) is 19.4 Å². The van der Waals surface area contributed by atoms with E-state index in [0.717, 1.165) is 0 Å². The van der Waals surface area contributed by atoms with Crippen LogP contribution < -0.4 is 0 Å². The fourth-order valence-electron chi connectivity index (χ4n) is 1.43. The molecule has 0 aromatic carbocycles. The maximum Gasteiger partial charge on any atom is 0.321 e. The quantitative estimate of drug-likeness (QED) is 0.730. The predicted octanol–water partition coefficient (Wildman–Crippen LogP) is 0.0533. The number of ether oxygens (including phenoxy) is 1. The number of carboxylic acid groups (broad SMARTS) is 1. The van der Waals surface area contributed by atoms with Crippen molar-refractivity contribution >= 4 is 15.8 Å². The molecule has 0 aromatic rings. The molecule has 1 saturated heterocycles. The molecule has 1 rings (SSSR count). The number of carboxylic acids is 1. The molecule has 1 unspecified atom stereocenters. The van der Waals surface area contributed by atoms with Crippen LogP contribution in [0.2, 0.25) is 0 Å². The van der Waals surface area contributed by atoms with Crippen molar-refractivity contribution in [2.24, 2.45) is 0 Å². The summed E-state index contributed by atoms with van der Waals surface area (Å²) in [6.45, 7) is 2.01. The fourth-order valence-corrected chi connectivity index (χ4v) is 3.14. The number of aliphatic carboxylic acids is 1. The minimum Gasteiger partial charge on any atom is -0.480 e. The lowest BCUT2D eigenvalue weighted by molar-refractivity contribution is -0.136. The largest absolute Gasteiger partial charge is 0.480 e. The normalized spacial score (nSPS) is 21.8. The number of rotatable bonds is 3. The molecule has 14 heavy (non-hydrogen) atoms. The lowest BCUT2D eigenvalue weighted by Gasteiger charge is -2.23. The second kappa shape index (κ2) is 4.27. The Balaban J connectivity index is 2.78. The van der Waals surface area contributed by atoms with E-state index >= 15 is 0 Å². The average Bonchev–Trinajstić information content (AvgIpc) is 2.18. The van der Waals surface area contributed by atoms with Crippen molar-refractivity contribution in [3.05, 3.63) is 0 Å². The van der Waals surface area contributed by atoms with Crippen LogP contribution in [0.25, 0.3) is 0 Å². The third-order valence-electron chi connectivity index (χ3n) is 2.47. The smallest absolute Gasteiger partial charge is 0.321 e. The van der Waals surface area contributed by atoms with Crippen LogP contribution in [0, 0.1) is 0 Å². The molecule has 0 amide bonds. The first-order valence-corrected chi connectivity index (χ1v) is 6.10. The topological polar surface area (TPSA) is 80.7 Å². The molecule has 1 fully saturated rings. The van der Waals surface area contributed by atoms with Gasteiger partial charge < -0.3 is 9.84 Å². The van der Waals surface area contributed by atoms with Crippen LogP contribution in [0.5, 0.6) is 0 Å². The summed E-state index contributed by atoms with van der Waals surface area (Å²) < 4.78 is 28.4. The molecule has 0 aromatic heterocycles. The summed E-state index contributed by atoms with van der Waals surface area (Å²) in [6.07, 6.45) is 0.805. The summed E-state index contributed by atoms with van der Waals surface area (Å²) in [7, 11) is -3.54. The molecule has 82 valence electrons. The maximum atomic E-state index is 11.7. The van der Waals surface area contributed by atoms with Gasteiger partial charge in [0.25, 0.3) is 0 Å².